The molecule has 0 amide bonds. The standard InChI is InChI=1S/C16H19NO3/c1-11-7-14(5-4-13(11)9-17)20-15-6-3-12(10-18)8-16(15)19-2/h3-8,18H,9-10,17H2,1-2H3. The topological polar surface area (TPSA) is 64.7 Å². The van der Waals surface area contributed by atoms with Crippen molar-refractivity contribution in [2.24, 2.45) is 5.73 Å². The average Bonchev–Trinajstić information content (AvgIpc) is 2.48. The molecule has 2 aromatic carbocycles. The third kappa shape index (κ3) is 3.10. The number of benzene rings is 2. The fraction of sp³-hybridized carbons (Fsp3) is 0.250. The van der Waals surface area contributed by atoms with Gasteiger partial charge in [-0.3, -0.25) is 0 Å². The van der Waals surface area contributed by atoms with Crippen LogP contribution in [0, 0.1) is 6.92 Å². The van der Waals surface area contributed by atoms with E-state index >= 15 is 0 Å². The quantitative estimate of drug-likeness (QED) is 0.879. The summed E-state index contributed by atoms with van der Waals surface area (Å²) in [5.74, 6) is 1.94. The van der Waals surface area contributed by atoms with E-state index in [1.54, 1.807) is 25.3 Å². The van der Waals surface area contributed by atoms with Crippen molar-refractivity contribution in [2.75, 3.05) is 7.11 Å². The number of nitrogens with two attached hydrogens (primary N) is 1. The maximum atomic E-state index is 9.12. The van der Waals surface area contributed by atoms with Crippen molar-refractivity contribution in [3.8, 4) is 17.2 Å². The smallest absolute Gasteiger partial charge is 0.169 e. The average molecular weight is 273 g/mol. The molecule has 0 heterocycles. The summed E-state index contributed by atoms with van der Waals surface area (Å²) in [6.45, 7) is 2.49. The molecule has 3 N–H and O–H groups in total. The zero-order valence-corrected chi connectivity index (χ0v) is 11.7. The molecule has 0 unspecified atom stereocenters. The fourth-order valence-electron chi connectivity index (χ4n) is 1.98. The molecule has 0 spiro atoms. The summed E-state index contributed by atoms with van der Waals surface area (Å²) in [4.78, 5) is 0. The van der Waals surface area contributed by atoms with Crippen molar-refractivity contribution < 1.29 is 14.6 Å². The highest BCUT2D eigenvalue weighted by atomic mass is 16.5. The van der Waals surface area contributed by atoms with Crippen LogP contribution in [0.3, 0.4) is 0 Å². The van der Waals surface area contributed by atoms with Gasteiger partial charge < -0.3 is 20.3 Å². The predicted octanol–water partition coefficient (Wildman–Crippen LogP) is 2.75. The second-order valence-corrected chi connectivity index (χ2v) is 4.54. The molecule has 0 atom stereocenters. The Bertz CT molecular complexity index is 596. The minimum atomic E-state index is -0.0268. The first-order chi connectivity index (χ1) is 9.67. The molecular formula is C16H19NO3. The second kappa shape index (κ2) is 6.41. The van der Waals surface area contributed by atoms with Gasteiger partial charge >= 0.3 is 0 Å². The Morgan fingerprint density at radius 2 is 1.90 bits per heavy atom. The van der Waals surface area contributed by atoms with Gasteiger partial charge in [0.15, 0.2) is 11.5 Å². The van der Waals surface area contributed by atoms with Crippen molar-refractivity contribution in [3.63, 3.8) is 0 Å². The minimum Gasteiger partial charge on any atom is -0.493 e. The molecule has 0 saturated carbocycles. The molecule has 0 aliphatic carbocycles. The van der Waals surface area contributed by atoms with E-state index in [1.165, 1.54) is 0 Å². The molecule has 106 valence electrons. The third-order valence-corrected chi connectivity index (χ3v) is 3.17. The van der Waals surface area contributed by atoms with E-state index in [1.807, 2.05) is 25.1 Å². The highest BCUT2D eigenvalue weighted by molar-refractivity contribution is 5.46. The normalized spacial score (nSPS) is 10.4. The molecule has 0 saturated heterocycles. The van der Waals surface area contributed by atoms with Gasteiger partial charge in [-0.15, -0.1) is 0 Å². The third-order valence-electron chi connectivity index (χ3n) is 3.17. The Morgan fingerprint density at radius 1 is 1.10 bits per heavy atom. The van der Waals surface area contributed by atoms with Crippen molar-refractivity contribution >= 4 is 0 Å². The summed E-state index contributed by atoms with van der Waals surface area (Å²) >= 11 is 0. The van der Waals surface area contributed by atoms with Crippen LogP contribution < -0.4 is 15.2 Å². The Balaban J connectivity index is 2.27. The number of aliphatic hydroxyl groups is 1. The van der Waals surface area contributed by atoms with Crippen molar-refractivity contribution in [1.29, 1.82) is 0 Å². The zero-order valence-electron chi connectivity index (χ0n) is 11.7. The molecular weight excluding hydrogens is 254 g/mol. The lowest BCUT2D eigenvalue weighted by Gasteiger charge is -2.12. The van der Waals surface area contributed by atoms with E-state index in [4.69, 9.17) is 20.3 Å². The van der Waals surface area contributed by atoms with Gasteiger partial charge in [0.25, 0.3) is 0 Å². The lowest BCUT2D eigenvalue weighted by molar-refractivity contribution is 0.280. The summed E-state index contributed by atoms with van der Waals surface area (Å²) in [5, 5.41) is 9.12. The largest absolute Gasteiger partial charge is 0.493 e. The first-order valence-corrected chi connectivity index (χ1v) is 6.43. The van der Waals surface area contributed by atoms with Crippen molar-refractivity contribution in [2.45, 2.75) is 20.1 Å². The molecule has 0 fully saturated rings. The second-order valence-electron chi connectivity index (χ2n) is 4.54. The zero-order chi connectivity index (χ0) is 14.5. The van der Waals surface area contributed by atoms with Gasteiger partial charge in [0.2, 0.25) is 0 Å². The number of hydrogen-bond donors (Lipinski definition) is 2. The Hall–Kier alpha value is -2.04. The van der Waals surface area contributed by atoms with Crippen LogP contribution >= 0.6 is 0 Å². The van der Waals surface area contributed by atoms with Gasteiger partial charge in [-0.05, 0) is 47.9 Å². The van der Waals surface area contributed by atoms with Crippen LogP contribution in [0.5, 0.6) is 17.2 Å². The van der Waals surface area contributed by atoms with Gasteiger partial charge in [-0.1, -0.05) is 12.1 Å². The monoisotopic (exact) mass is 273 g/mol. The molecule has 4 nitrogen and oxygen atoms in total. The number of hydrogen-bond acceptors (Lipinski definition) is 4. The summed E-state index contributed by atoms with van der Waals surface area (Å²) in [7, 11) is 1.58. The minimum absolute atomic E-state index is 0.0268. The van der Waals surface area contributed by atoms with Gasteiger partial charge in [-0.2, -0.15) is 0 Å². The van der Waals surface area contributed by atoms with Gasteiger partial charge in [0, 0.05) is 6.54 Å². The predicted molar refractivity (Wildman–Crippen MR) is 78.1 cm³/mol. The number of rotatable bonds is 5. The van der Waals surface area contributed by atoms with Crippen LogP contribution in [-0.2, 0) is 13.2 Å². The lowest BCUT2D eigenvalue weighted by Crippen LogP contribution is -1.99. The molecule has 20 heavy (non-hydrogen) atoms. The maximum absolute atomic E-state index is 9.12. The van der Waals surface area contributed by atoms with Gasteiger partial charge in [-0.25, -0.2) is 0 Å². The molecule has 0 bridgehead atoms. The van der Waals surface area contributed by atoms with Crippen LogP contribution in [0.4, 0.5) is 0 Å². The Kier molecular flexibility index (Phi) is 4.61. The molecule has 0 radical (unpaired) electrons. The Morgan fingerprint density at radius 3 is 2.50 bits per heavy atom. The molecule has 0 aromatic heterocycles. The molecule has 2 rings (SSSR count). The van der Waals surface area contributed by atoms with E-state index in [9.17, 15) is 0 Å². The van der Waals surface area contributed by atoms with E-state index in [0.717, 1.165) is 22.4 Å². The number of aryl methyl sites for hydroxylation is 1. The number of ether oxygens (including phenoxy) is 2. The molecule has 4 heteroatoms. The summed E-state index contributed by atoms with van der Waals surface area (Å²) in [6.07, 6.45) is 0. The fourth-order valence-corrected chi connectivity index (χ4v) is 1.98. The van der Waals surface area contributed by atoms with Crippen LogP contribution in [0.2, 0.25) is 0 Å². The SMILES string of the molecule is COc1cc(CO)ccc1Oc1ccc(CN)c(C)c1. The van der Waals surface area contributed by atoms with Crippen LogP contribution in [0.15, 0.2) is 36.4 Å². The molecule has 0 aliphatic rings. The van der Waals surface area contributed by atoms with E-state index in [0.29, 0.717) is 18.0 Å². The highest BCUT2D eigenvalue weighted by Crippen LogP contribution is 2.33. The first kappa shape index (κ1) is 14.4. The number of aliphatic hydroxyl groups excluding tert-OH is 1. The first-order valence-electron chi connectivity index (χ1n) is 6.43. The van der Waals surface area contributed by atoms with Gasteiger partial charge in [0.05, 0.1) is 13.7 Å². The molecule has 2 aromatic rings. The van der Waals surface area contributed by atoms with Crippen LogP contribution in [-0.4, -0.2) is 12.2 Å². The maximum Gasteiger partial charge on any atom is 0.169 e. The van der Waals surface area contributed by atoms with Crippen LogP contribution in [0.25, 0.3) is 0 Å². The number of methoxy groups -OCH3 is 1. The summed E-state index contributed by atoms with van der Waals surface area (Å²) < 4.78 is 11.1. The van der Waals surface area contributed by atoms with Gasteiger partial charge in [0.1, 0.15) is 5.75 Å². The van der Waals surface area contributed by atoms with E-state index < -0.39 is 0 Å². The lowest BCUT2D eigenvalue weighted by atomic mass is 10.1. The summed E-state index contributed by atoms with van der Waals surface area (Å²) in [5.41, 5.74) is 8.62. The molecule has 0 aliphatic heterocycles. The van der Waals surface area contributed by atoms with Crippen LogP contribution in [0.1, 0.15) is 16.7 Å². The van der Waals surface area contributed by atoms with E-state index in [2.05, 4.69) is 0 Å². The van der Waals surface area contributed by atoms with E-state index in [-0.39, 0.29) is 6.61 Å². The Labute approximate surface area is 118 Å². The highest BCUT2D eigenvalue weighted by Gasteiger charge is 2.08. The van der Waals surface area contributed by atoms with Crippen molar-refractivity contribution in [1.82, 2.24) is 0 Å². The summed E-state index contributed by atoms with van der Waals surface area (Å²) in [6, 6.07) is 11.1. The van der Waals surface area contributed by atoms with Crippen molar-refractivity contribution in [3.05, 3.63) is 53.1 Å².